The van der Waals surface area contributed by atoms with Gasteiger partial charge in [0.15, 0.2) is 0 Å². The molecule has 0 N–H and O–H groups in total. The molecule has 2 saturated carbocycles. The van der Waals surface area contributed by atoms with Crippen molar-refractivity contribution in [1.82, 2.24) is 0 Å². The Morgan fingerprint density at radius 1 is 1.00 bits per heavy atom. The monoisotopic (exact) mass is 194 g/mol. The maximum absolute atomic E-state index is 2.43. The molecule has 0 aromatic rings. The Balaban J connectivity index is 1.99. The van der Waals surface area contributed by atoms with Crippen LogP contribution in [0.25, 0.3) is 0 Å². The first-order valence-electron chi connectivity index (χ1n) is 6.43. The Bertz CT molecular complexity index is 203. The van der Waals surface area contributed by atoms with Gasteiger partial charge in [-0.3, -0.25) is 0 Å². The van der Waals surface area contributed by atoms with Crippen molar-refractivity contribution < 1.29 is 0 Å². The maximum atomic E-state index is 2.43. The molecule has 0 aliphatic heterocycles. The van der Waals surface area contributed by atoms with Crippen LogP contribution in [0.2, 0.25) is 0 Å². The first-order valence-corrected chi connectivity index (χ1v) is 6.43. The zero-order chi connectivity index (χ0) is 10.6. The van der Waals surface area contributed by atoms with E-state index in [1.807, 2.05) is 0 Å². The van der Waals surface area contributed by atoms with Gasteiger partial charge in [-0.1, -0.05) is 47.5 Å². The molecular weight excluding hydrogens is 168 g/mol. The largest absolute Gasteiger partial charge is 0.0649 e. The lowest BCUT2D eigenvalue weighted by Crippen LogP contribution is -2.21. The second-order valence-electron chi connectivity index (χ2n) is 6.83. The van der Waals surface area contributed by atoms with Crippen LogP contribution in [-0.4, -0.2) is 0 Å². The molecule has 2 unspecified atom stereocenters. The van der Waals surface area contributed by atoms with Gasteiger partial charge in [0.2, 0.25) is 0 Å². The van der Waals surface area contributed by atoms with E-state index in [1.54, 1.807) is 0 Å². The van der Waals surface area contributed by atoms with E-state index >= 15 is 0 Å². The molecule has 0 radical (unpaired) electrons. The molecule has 0 amide bonds. The molecule has 0 nitrogen and oxygen atoms in total. The van der Waals surface area contributed by atoms with Gasteiger partial charge in [-0.15, -0.1) is 0 Å². The van der Waals surface area contributed by atoms with Crippen LogP contribution in [0.5, 0.6) is 0 Å². The maximum Gasteiger partial charge on any atom is -0.0297 e. The number of rotatable bonds is 2. The Morgan fingerprint density at radius 2 is 1.43 bits per heavy atom. The summed E-state index contributed by atoms with van der Waals surface area (Å²) in [7, 11) is 0. The molecule has 2 fully saturated rings. The predicted molar refractivity (Wildman–Crippen MR) is 62.2 cm³/mol. The van der Waals surface area contributed by atoms with Crippen LogP contribution in [-0.2, 0) is 0 Å². The zero-order valence-electron chi connectivity index (χ0n) is 10.6. The highest BCUT2D eigenvalue weighted by molar-refractivity contribution is 5.11. The summed E-state index contributed by atoms with van der Waals surface area (Å²) in [4.78, 5) is 0. The van der Waals surface area contributed by atoms with E-state index in [2.05, 4.69) is 34.6 Å². The van der Waals surface area contributed by atoms with E-state index in [1.165, 1.54) is 25.7 Å². The van der Waals surface area contributed by atoms with Crippen molar-refractivity contribution in [2.45, 2.75) is 60.3 Å². The van der Waals surface area contributed by atoms with Crippen molar-refractivity contribution in [1.29, 1.82) is 0 Å². The fourth-order valence-corrected chi connectivity index (χ4v) is 4.20. The first kappa shape index (κ1) is 10.5. The number of hydrogen-bond donors (Lipinski definition) is 0. The summed E-state index contributed by atoms with van der Waals surface area (Å²) < 4.78 is 0. The zero-order valence-corrected chi connectivity index (χ0v) is 10.6. The summed E-state index contributed by atoms with van der Waals surface area (Å²) in [6.07, 6.45) is 5.89. The molecule has 2 rings (SSSR count). The smallest absolute Gasteiger partial charge is 0.0297 e. The van der Waals surface area contributed by atoms with Gasteiger partial charge in [0.25, 0.3) is 0 Å². The van der Waals surface area contributed by atoms with Gasteiger partial charge >= 0.3 is 0 Å². The van der Waals surface area contributed by atoms with Crippen LogP contribution in [0.15, 0.2) is 0 Å². The molecule has 0 bridgehead atoms. The van der Waals surface area contributed by atoms with E-state index in [4.69, 9.17) is 0 Å². The normalized spacial score (nSPS) is 39.6. The molecule has 2 atom stereocenters. The van der Waals surface area contributed by atoms with Crippen molar-refractivity contribution in [2.75, 3.05) is 0 Å². The standard InChI is InChI=1S/C14H26/c1-6-14(7-2)8-10-11(9-14)12(10)13(3,4)5/h10-12H,6-9H2,1-5H3. The van der Waals surface area contributed by atoms with Crippen molar-refractivity contribution in [3.8, 4) is 0 Å². The van der Waals surface area contributed by atoms with Crippen molar-refractivity contribution in [3.05, 3.63) is 0 Å². The third kappa shape index (κ3) is 1.42. The number of hydrogen-bond acceptors (Lipinski definition) is 0. The van der Waals surface area contributed by atoms with Gasteiger partial charge in [0.05, 0.1) is 0 Å². The molecule has 0 spiro atoms. The van der Waals surface area contributed by atoms with Crippen LogP contribution >= 0.6 is 0 Å². The summed E-state index contributed by atoms with van der Waals surface area (Å²) in [5, 5.41) is 0. The SMILES string of the molecule is CCC1(CC)CC2C(C1)C2C(C)(C)C. The molecule has 2 aliphatic rings. The van der Waals surface area contributed by atoms with E-state index in [0.29, 0.717) is 5.41 Å². The second kappa shape index (κ2) is 3.00. The van der Waals surface area contributed by atoms with Crippen molar-refractivity contribution >= 4 is 0 Å². The van der Waals surface area contributed by atoms with Crippen LogP contribution in [0.1, 0.15) is 60.3 Å². The van der Waals surface area contributed by atoms with Crippen LogP contribution < -0.4 is 0 Å². The minimum absolute atomic E-state index is 0.572. The fourth-order valence-electron chi connectivity index (χ4n) is 4.20. The van der Waals surface area contributed by atoms with E-state index in [0.717, 1.165) is 23.2 Å². The quantitative estimate of drug-likeness (QED) is 0.607. The minimum Gasteiger partial charge on any atom is -0.0649 e. The van der Waals surface area contributed by atoms with Crippen LogP contribution in [0.3, 0.4) is 0 Å². The molecule has 0 heterocycles. The van der Waals surface area contributed by atoms with Crippen LogP contribution in [0.4, 0.5) is 0 Å². The summed E-state index contributed by atoms with van der Waals surface area (Å²) in [6, 6.07) is 0. The third-order valence-corrected chi connectivity index (χ3v) is 5.17. The first-order chi connectivity index (χ1) is 6.43. The summed E-state index contributed by atoms with van der Waals surface area (Å²) in [5.41, 5.74) is 1.32. The average Bonchev–Trinajstić information content (AvgIpc) is 2.65. The molecule has 82 valence electrons. The van der Waals surface area contributed by atoms with Gasteiger partial charge in [-0.25, -0.2) is 0 Å². The van der Waals surface area contributed by atoms with Gasteiger partial charge in [-0.05, 0) is 41.4 Å². The molecule has 2 aliphatic carbocycles. The Hall–Kier alpha value is 0. The lowest BCUT2D eigenvalue weighted by atomic mass is 9.73. The minimum atomic E-state index is 0.572. The second-order valence-corrected chi connectivity index (χ2v) is 6.83. The molecule has 0 aromatic carbocycles. The van der Waals surface area contributed by atoms with Crippen LogP contribution in [0, 0.1) is 28.6 Å². The van der Waals surface area contributed by atoms with Crippen molar-refractivity contribution in [3.63, 3.8) is 0 Å². The highest BCUT2D eigenvalue weighted by atomic mass is 14.7. The Morgan fingerprint density at radius 3 is 1.71 bits per heavy atom. The summed E-state index contributed by atoms with van der Waals surface area (Å²) >= 11 is 0. The third-order valence-electron chi connectivity index (χ3n) is 5.17. The highest BCUT2D eigenvalue weighted by Crippen LogP contribution is 2.70. The molecule has 0 heteroatoms. The van der Waals surface area contributed by atoms with Gasteiger partial charge < -0.3 is 0 Å². The van der Waals surface area contributed by atoms with Gasteiger partial charge in [-0.2, -0.15) is 0 Å². The number of fused-ring (bicyclic) bond motifs is 1. The highest BCUT2D eigenvalue weighted by Gasteiger charge is 2.62. The Kier molecular flexibility index (Phi) is 2.25. The van der Waals surface area contributed by atoms with E-state index in [9.17, 15) is 0 Å². The molecular formula is C14H26. The average molecular weight is 194 g/mol. The topological polar surface area (TPSA) is 0 Å². The van der Waals surface area contributed by atoms with Crippen molar-refractivity contribution in [2.24, 2.45) is 28.6 Å². The van der Waals surface area contributed by atoms with E-state index in [-0.39, 0.29) is 0 Å². The molecule has 0 saturated heterocycles. The van der Waals surface area contributed by atoms with Gasteiger partial charge in [0, 0.05) is 0 Å². The van der Waals surface area contributed by atoms with E-state index < -0.39 is 0 Å². The lowest BCUT2D eigenvalue weighted by molar-refractivity contribution is 0.187. The molecule has 14 heavy (non-hydrogen) atoms. The fraction of sp³-hybridized carbons (Fsp3) is 1.00. The Labute approximate surface area is 89.5 Å². The summed E-state index contributed by atoms with van der Waals surface area (Å²) in [5.74, 6) is 3.23. The predicted octanol–water partition coefficient (Wildman–Crippen LogP) is 4.49. The van der Waals surface area contributed by atoms with Gasteiger partial charge in [0.1, 0.15) is 0 Å². The molecule has 0 aromatic heterocycles. The summed E-state index contributed by atoms with van der Waals surface area (Å²) in [6.45, 7) is 12.1. The lowest BCUT2D eigenvalue weighted by Gasteiger charge is -2.32.